The van der Waals surface area contributed by atoms with Crippen LogP contribution in [0.15, 0.2) is 66.7 Å². The lowest BCUT2D eigenvalue weighted by atomic mass is 9.99. The number of methoxy groups -OCH3 is 2. The molecule has 0 aliphatic rings. The van der Waals surface area contributed by atoms with Crippen molar-refractivity contribution in [2.45, 2.75) is 0 Å². The van der Waals surface area contributed by atoms with E-state index < -0.39 is 0 Å². The predicted molar refractivity (Wildman–Crippen MR) is 97.8 cm³/mol. The molecule has 0 aliphatic carbocycles. The molecule has 0 fully saturated rings. The van der Waals surface area contributed by atoms with Crippen LogP contribution in [0.2, 0.25) is 0 Å². The Kier molecular flexibility index (Phi) is 3.54. The highest BCUT2D eigenvalue weighted by Crippen LogP contribution is 2.35. The van der Waals surface area contributed by atoms with Crippen molar-refractivity contribution < 1.29 is 9.47 Å². The second kappa shape index (κ2) is 5.85. The summed E-state index contributed by atoms with van der Waals surface area (Å²) in [4.78, 5) is 4.91. The fraction of sp³-hybridized carbons (Fsp3) is 0.0952. The third-order valence-electron chi connectivity index (χ3n) is 4.26. The smallest absolute Gasteiger partial charge is 0.119 e. The van der Waals surface area contributed by atoms with Gasteiger partial charge in [0.2, 0.25) is 0 Å². The normalized spacial score (nSPS) is 10.9. The van der Waals surface area contributed by atoms with Gasteiger partial charge in [-0.25, -0.2) is 4.98 Å². The van der Waals surface area contributed by atoms with E-state index in [9.17, 15) is 0 Å². The Morgan fingerprint density at radius 1 is 0.667 bits per heavy atom. The number of ether oxygens (including phenoxy) is 2. The van der Waals surface area contributed by atoms with Crippen LogP contribution in [0.4, 0.5) is 0 Å². The van der Waals surface area contributed by atoms with E-state index in [1.54, 1.807) is 14.2 Å². The Hall–Kier alpha value is -3.07. The van der Waals surface area contributed by atoms with Crippen LogP contribution in [0.25, 0.3) is 32.9 Å². The van der Waals surface area contributed by atoms with Crippen molar-refractivity contribution in [1.82, 2.24) is 4.98 Å². The number of benzene rings is 3. The molecule has 0 atom stereocenters. The standard InChI is InChI=1S/C21H17NO2/c1-23-15-8-10-17-18-12-16(24-2)9-11-20(18)22-21(19(17)13-15)14-6-4-3-5-7-14/h3-13H,1-2H3. The van der Waals surface area contributed by atoms with Crippen LogP contribution in [0, 0.1) is 0 Å². The summed E-state index contributed by atoms with van der Waals surface area (Å²) in [6.07, 6.45) is 0. The van der Waals surface area contributed by atoms with Crippen molar-refractivity contribution in [3.8, 4) is 22.8 Å². The summed E-state index contributed by atoms with van der Waals surface area (Å²) >= 11 is 0. The van der Waals surface area contributed by atoms with Crippen molar-refractivity contribution >= 4 is 21.7 Å². The maximum Gasteiger partial charge on any atom is 0.119 e. The summed E-state index contributed by atoms with van der Waals surface area (Å²) in [6, 6.07) is 22.3. The van der Waals surface area contributed by atoms with Crippen LogP contribution in [0.3, 0.4) is 0 Å². The number of hydrogen-bond acceptors (Lipinski definition) is 3. The zero-order chi connectivity index (χ0) is 16.5. The van der Waals surface area contributed by atoms with Gasteiger partial charge in [0.05, 0.1) is 25.4 Å². The molecule has 1 heterocycles. The molecule has 118 valence electrons. The van der Waals surface area contributed by atoms with Crippen molar-refractivity contribution in [2.24, 2.45) is 0 Å². The molecule has 1 aromatic heterocycles. The summed E-state index contributed by atoms with van der Waals surface area (Å²) in [7, 11) is 3.36. The van der Waals surface area contributed by atoms with E-state index in [1.165, 1.54) is 0 Å². The molecule has 24 heavy (non-hydrogen) atoms. The first kappa shape index (κ1) is 14.5. The van der Waals surface area contributed by atoms with E-state index in [2.05, 4.69) is 18.2 Å². The van der Waals surface area contributed by atoms with Crippen LogP contribution in [0.1, 0.15) is 0 Å². The number of aromatic nitrogens is 1. The van der Waals surface area contributed by atoms with Gasteiger partial charge in [-0.15, -0.1) is 0 Å². The maximum absolute atomic E-state index is 5.42. The Balaban J connectivity index is 2.13. The molecule has 4 aromatic rings. The molecule has 3 nitrogen and oxygen atoms in total. The van der Waals surface area contributed by atoms with E-state index in [-0.39, 0.29) is 0 Å². The Morgan fingerprint density at radius 3 is 2.04 bits per heavy atom. The van der Waals surface area contributed by atoms with Crippen molar-refractivity contribution in [2.75, 3.05) is 14.2 Å². The van der Waals surface area contributed by atoms with Gasteiger partial charge >= 0.3 is 0 Å². The predicted octanol–water partition coefficient (Wildman–Crippen LogP) is 5.07. The summed E-state index contributed by atoms with van der Waals surface area (Å²) in [5.41, 5.74) is 3.00. The molecule has 0 aliphatic heterocycles. The minimum atomic E-state index is 0.823. The van der Waals surface area contributed by atoms with Gasteiger partial charge in [-0.05, 0) is 41.8 Å². The molecule has 0 spiro atoms. The molecule has 0 saturated heterocycles. The third kappa shape index (κ3) is 2.35. The monoisotopic (exact) mass is 315 g/mol. The summed E-state index contributed by atoms with van der Waals surface area (Å²) in [5.74, 6) is 1.65. The summed E-state index contributed by atoms with van der Waals surface area (Å²) < 4.78 is 10.8. The Morgan fingerprint density at radius 2 is 1.33 bits per heavy atom. The first-order chi connectivity index (χ1) is 11.8. The molecule has 3 heteroatoms. The van der Waals surface area contributed by atoms with Crippen molar-refractivity contribution in [1.29, 1.82) is 0 Å². The molecular weight excluding hydrogens is 298 g/mol. The zero-order valence-electron chi connectivity index (χ0n) is 13.6. The highest BCUT2D eigenvalue weighted by atomic mass is 16.5. The molecule has 0 radical (unpaired) electrons. The topological polar surface area (TPSA) is 31.4 Å². The molecular formula is C21H17NO2. The van der Waals surface area contributed by atoms with Crippen LogP contribution < -0.4 is 9.47 Å². The van der Waals surface area contributed by atoms with E-state index in [0.717, 1.165) is 44.4 Å². The molecule has 4 rings (SSSR count). The van der Waals surface area contributed by atoms with Gasteiger partial charge in [0.25, 0.3) is 0 Å². The van der Waals surface area contributed by atoms with Gasteiger partial charge < -0.3 is 9.47 Å². The van der Waals surface area contributed by atoms with Crippen molar-refractivity contribution in [3.63, 3.8) is 0 Å². The minimum Gasteiger partial charge on any atom is -0.497 e. The van der Waals surface area contributed by atoms with E-state index in [1.807, 2.05) is 48.5 Å². The van der Waals surface area contributed by atoms with E-state index in [0.29, 0.717) is 0 Å². The lowest BCUT2D eigenvalue weighted by Crippen LogP contribution is -1.92. The number of fused-ring (bicyclic) bond motifs is 3. The first-order valence-electron chi connectivity index (χ1n) is 7.81. The molecule has 3 aromatic carbocycles. The highest BCUT2D eigenvalue weighted by Gasteiger charge is 2.12. The second-order valence-corrected chi connectivity index (χ2v) is 5.62. The molecule has 0 amide bonds. The molecule has 0 unspecified atom stereocenters. The van der Waals surface area contributed by atoms with Gasteiger partial charge in [0.1, 0.15) is 11.5 Å². The molecule has 0 N–H and O–H groups in total. The minimum absolute atomic E-state index is 0.823. The lowest BCUT2D eigenvalue weighted by Gasteiger charge is -2.12. The maximum atomic E-state index is 5.42. The van der Waals surface area contributed by atoms with Gasteiger partial charge in [-0.3, -0.25) is 0 Å². The average molecular weight is 315 g/mol. The number of nitrogens with zero attached hydrogens (tertiary/aromatic N) is 1. The Bertz CT molecular complexity index is 1030. The number of rotatable bonds is 3. The Labute approximate surface area is 140 Å². The SMILES string of the molecule is COc1ccc2c(c1)c(-c1ccccc1)nc1ccc(OC)cc12. The summed E-state index contributed by atoms with van der Waals surface area (Å²) in [5, 5.41) is 3.28. The quantitative estimate of drug-likeness (QED) is 0.494. The number of pyridine rings is 1. The van der Waals surface area contributed by atoms with Gasteiger partial charge in [0, 0.05) is 16.3 Å². The van der Waals surface area contributed by atoms with E-state index in [4.69, 9.17) is 14.5 Å². The van der Waals surface area contributed by atoms with Gasteiger partial charge in [-0.1, -0.05) is 30.3 Å². The van der Waals surface area contributed by atoms with Crippen LogP contribution >= 0.6 is 0 Å². The lowest BCUT2D eigenvalue weighted by molar-refractivity contribution is 0.415. The largest absolute Gasteiger partial charge is 0.497 e. The fourth-order valence-corrected chi connectivity index (χ4v) is 3.03. The molecule has 0 bridgehead atoms. The van der Waals surface area contributed by atoms with E-state index >= 15 is 0 Å². The van der Waals surface area contributed by atoms with Crippen LogP contribution in [-0.4, -0.2) is 19.2 Å². The fourth-order valence-electron chi connectivity index (χ4n) is 3.03. The average Bonchev–Trinajstić information content (AvgIpc) is 2.67. The van der Waals surface area contributed by atoms with Crippen molar-refractivity contribution in [3.05, 3.63) is 66.7 Å². The van der Waals surface area contributed by atoms with Crippen LogP contribution in [0.5, 0.6) is 11.5 Å². The summed E-state index contributed by atoms with van der Waals surface area (Å²) in [6.45, 7) is 0. The highest BCUT2D eigenvalue weighted by molar-refractivity contribution is 6.11. The van der Waals surface area contributed by atoms with Gasteiger partial charge in [-0.2, -0.15) is 0 Å². The number of hydrogen-bond donors (Lipinski definition) is 0. The molecule has 0 saturated carbocycles. The zero-order valence-corrected chi connectivity index (χ0v) is 13.6. The van der Waals surface area contributed by atoms with Crippen LogP contribution in [-0.2, 0) is 0 Å². The third-order valence-corrected chi connectivity index (χ3v) is 4.26. The van der Waals surface area contributed by atoms with Gasteiger partial charge in [0.15, 0.2) is 0 Å². The second-order valence-electron chi connectivity index (χ2n) is 5.62. The first-order valence-corrected chi connectivity index (χ1v) is 7.81.